The molecule has 146 valence electrons. The quantitative estimate of drug-likeness (QED) is 0.396. The van der Waals surface area contributed by atoms with Crippen LogP contribution in [0.1, 0.15) is 30.9 Å². The number of ether oxygens (including phenoxy) is 2. The Morgan fingerprint density at radius 3 is 2.85 bits per heavy atom. The highest BCUT2D eigenvalue weighted by atomic mass is 127. The maximum absolute atomic E-state index is 5.74. The molecule has 0 amide bonds. The van der Waals surface area contributed by atoms with Crippen LogP contribution in [-0.2, 0) is 19.5 Å². The maximum atomic E-state index is 5.74. The smallest absolute Gasteiger partial charge is 0.195 e. The van der Waals surface area contributed by atoms with E-state index in [4.69, 9.17) is 9.47 Å². The molecule has 0 atom stereocenters. The molecule has 2 aliphatic rings. The molecule has 0 saturated carbocycles. The zero-order valence-electron chi connectivity index (χ0n) is 15.4. The van der Waals surface area contributed by atoms with Crippen LogP contribution in [0.3, 0.4) is 0 Å². The van der Waals surface area contributed by atoms with E-state index < -0.39 is 0 Å². The highest BCUT2D eigenvalue weighted by molar-refractivity contribution is 14.0. The maximum Gasteiger partial charge on any atom is 0.195 e. The summed E-state index contributed by atoms with van der Waals surface area (Å²) in [6, 6.07) is 5.82. The highest BCUT2D eigenvalue weighted by Crippen LogP contribution is 2.32. The molecule has 0 radical (unpaired) electrons. The van der Waals surface area contributed by atoms with E-state index >= 15 is 0 Å². The number of hydrogen-bond acceptors (Lipinski definition) is 5. The van der Waals surface area contributed by atoms with Gasteiger partial charge >= 0.3 is 0 Å². The molecule has 8 nitrogen and oxygen atoms in total. The van der Waals surface area contributed by atoms with Gasteiger partial charge in [-0.3, -0.25) is 4.99 Å². The van der Waals surface area contributed by atoms with Crippen LogP contribution in [0.15, 0.2) is 23.2 Å². The van der Waals surface area contributed by atoms with Crippen LogP contribution >= 0.6 is 24.0 Å². The van der Waals surface area contributed by atoms with Gasteiger partial charge < -0.3 is 24.7 Å². The highest BCUT2D eigenvalue weighted by Gasteiger charge is 2.16. The van der Waals surface area contributed by atoms with E-state index in [0.717, 1.165) is 48.2 Å². The fraction of sp³-hybridized carbons (Fsp3) is 0.500. The normalized spacial score (nSPS) is 16.0. The minimum atomic E-state index is 0. The number of hydrogen-bond donors (Lipinski definition) is 2. The number of nitrogens with one attached hydrogen (secondary N) is 2. The molecule has 1 aromatic heterocycles. The number of anilines is 1. The molecule has 2 aliphatic heterocycles. The molecule has 0 spiro atoms. The molecule has 0 fully saturated rings. The number of fused-ring (bicyclic) bond motifs is 2. The standard InChI is InChI=1S/C18H24N6O2.HI/c1-19-18(20-12-17-23-22-16-5-2-3-8-24(16)17)21-13-6-7-14-15(11-13)26-10-4-9-25-14;/h6-7,11H,2-5,8-10,12H2,1H3,(H2,19,20,21);1H. The fourth-order valence-electron chi connectivity index (χ4n) is 3.22. The zero-order chi connectivity index (χ0) is 17.8. The van der Waals surface area contributed by atoms with Gasteiger partial charge in [-0.25, -0.2) is 0 Å². The summed E-state index contributed by atoms with van der Waals surface area (Å²) in [6.07, 6.45) is 4.28. The molecule has 4 rings (SSSR count). The summed E-state index contributed by atoms with van der Waals surface area (Å²) >= 11 is 0. The molecule has 0 aliphatic carbocycles. The lowest BCUT2D eigenvalue weighted by molar-refractivity contribution is 0.297. The van der Waals surface area contributed by atoms with Crippen molar-refractivity contribution in [3.05, 3.63) is 29.8 Å². The van der Waals surface area contributed by atoms with Crippen molar-refractivity contribution in [3.63, 3.8) is 0 Å². The molecule has 0 bridgehead atoms. The molecule has 0 unspecified atom stereocenters. The second kappa shape index (κ2) is 9.25. The van der Waals surface area contributed by atoms with Crippen molar-refractivity contribution in [1.82, 2.24) is 20.1 Å². The molecule has 27 heavy (non-hydrogen) atoms. The summed E-state index contributed by atoms with van der Waals surface area (Å²) in [5.41, 5.74) is 0.894. The van der Waals surface area contributed by atoms with Crippen LogP contribution in [0, 0.1) is 0 Å². The number of rotatable bonds is 3. The minimum Gasteiger partial charge on any atom is -0.490 e. The third kappa shape index (κ3) is 4.63. The van der Waals surface area contributed by atoms with Gasteiger partial charge in [-0.2, -0.15) is 0 Å². The fourth-order valence-corrected chi connectivity index (χ4v) is 3.22. The second-order valence-corrected chi connectivity index (χ2v) is 6.40. The Labute approximate surface area is 175 Å². The van der Waals surface area contributed by atoms with Crippen LogP contribution in [0.5, 0.6) is 11.5 Å². The first-order chi connectivity index (χ1) is 12.8. The Hall–Kier alpha value is -2.04. The van der Waals surface area contributed by atoms with E-state index in [1.807, 2.05) is 18.2 Å². The number of aliphatic imine (C=N–C) groups is 1. The molecule has 0 saturated heterocycles. The van der Waals surface area contributed by atoms with E-state index in [2.05, 4.69) is 30.4 Å². The SMILES string of the molecule is CN=C(NCc1nnc2n1CCCC2)Nc1ccc2c(c1)OCCCO2.I. The Bertz CT molecular complexity index is 807. The van der Waals surface area contributed by atoms with Gasteiger partial charge in [-0.1, -0.05) is 0 Å². The molecule has 3 heterocycles. The Kier molecular flexibility index (Phi) is 6.75. The lowest BCUT2D eigenvalue weighted by atomic mass is 10.2. The Morgan fingerprint density at radius 2 is 2.00 bits per heavy atom. The predicted molar refractivity (Wildman–Crippen MR) is 114 cm³/mol. The first-order valence-corrected chi connectivity index (χ1v) is 9.12. The first-order valence-electron chi connectivity index (χ1n) is 9.12. The molecule has 2 aromatic rings. The largest absolute Gasteiger partial charge is 0.490 e. The van der Waals surface area contributed by atoms with Crippen molar-refractivity contribution < 1.29 is 9.47 Å². The molecular weight excluding hydrogens is 459 g/mol. The summed E-state index contributed by atoms with van der Waals surface area (Å²) in [6.45, 7) is 2.93. The van der Waals surface area contributed by atoms with E-state index in [9.17, 15) is 0 Å². The molecule has 1 aromatic carbocycles. The number of aromatic nitrogens is 3. The third-order valence-electron chi connectivity index (χ3n) is 4.58. The topological polar surface area (TPSA) is 85.6 Å². The van der Waals surface area contributed by atoms with Crippen LogP contribution in [-0.4, -0.2) is 41.0 Å². The second-order valence-electron chi connectivity index (χ2n) is 6.40. The van der Waals surface area contributed by atoms with E-state index in [0.29, 0.717) is 25.7 Å². The van der Waals surface area contributed by atoms with Gasteiger partial charge in [0.25, 0.3) is 0 Å². The number of guanidine groups is 1. The van der Waals surface area contributed by atoms with Crippen molar-refractivity contribution in [1.29, 1.82) is 0 Å². The Balaban J connectivity index is 0.00000210. The summed E-state index contributed by atoms with van der Waals surface area (Å²) in [7, 11) is 1.75. The zero-order valence-corrected chi connectivity index (χ0v) is 17.7. The van der Waals surface area contributed by atoms with Gasteiger partial charge in [0, 0.05) is 38.2 Å². The van der Waals surface area contributed by atoms with Gasteiger partial charge in [0.1, 0.15) is 5.82 Å². The number of aryl methyl sites for hydroxylation is 1. The van der Waals surface area contributed by atoms with Crippen molar-refractivity contribution in [2.24, 2.45) is 4.99 Å². The van der Waals surface area contributed by atoms with Crippen LogP contribution in [0.4, 0.5) is 5.69 Å². The van der Waals surface area contributed by atoms with E-state index in [1.165, 1.54) is 12.8 Å². The van der Waals surface area contributed by atoms with Gasteiger partial charge in [0.2, 0.25) is 0 Å². The molecular formula is C18H25IN6O2. The van der Waals surface area contributed by atoms with Crippen molar-refractivity contribution in [3.8, 4) is 11.5 Å². The first kappa shape index (κ1) is 19.7. The summed E-state index contributed by atoms with van der Waals surface area (Å²) in [4.78, 5) is 4.29. The van der Waals surface area contributed by atoms with Gasteiger partial charge in [0.05, 0.1) is 19.8 Å². The Morgan fingerprint density at radius 1 is 1.15 bits per heavy atom. The third-order valence-corrected chi connectivity index (χ3v) is 4.58. The summed E-state index contributed by atoms with van der Waals surface area (Å²) < 4.78 is 13.6. The average molecular weight is 484 g/mol. The van der Waals surface area contributed by atoms with Crippen LogP contribution < -0.4 is 20.1 Å². The van der Waals surface area contributed by atoms with Crippen molar-refractivity contribution in [2.75, 3.05) is 25.6 Å². The molecule has 2 N–H and O–H groups in total. The van der Waals surface area contributed by atoms with Gasteiger partial charge in [-0.05, 0) is 25.0 Å². The lowest BCUT2D eigenvalue weighted by Crippen LogP contribution is -2.31. The van der Waals surface area contributed by atoms with Crippen molar-refractivity contribution >= 4 is 35.6 Å². The molecule has 9 heteroatoms. The minimum absolute atomic E-state index is 0. The number of benzene rings is 1. The summed E-state index contributed by atoms with van der Waals surface area (Å²) in [5, 5.41) is 15.2. The monoisotopic (exact) mass is 484 g/mol. The van der Waals surface area contributed by atoms with E-state index in [-0.39, 0.29) is 24.0 Å². The number of nitrogens with zero attached hydrogens (tertiary/aromatic N) is 4. The predicted octanol–water partition coefficient (Wildman–Crippen LogP) is 2.58. The lowest BCUT2D eigenvalue weighted by Gasteiger charge is -2.16. The van der Waals surface area contributed by atoms with Crippen LogP contribution in [0.25, 0.3) is 0 Å². The summed E-state index contributed by atoms with van der Waals surface area (Å²) in [5.74, 6) is 4.24. The average Bonchev–Trinajstić information content (AvgIpc) is 2.94. The van der Waals surface area contributed by atoms with Crippen molar-refractivity contribution in [2.45, 2.75) is 38.8 Å². The van der Waals surface area contributed by atoms with Gasteiger partial charge in [-0.15, -0.1) is 34.2 Å². The van der Waals surface area contributed by atoms with Crippen LogP contribution in [0.2, 0.25) is 0 Å². The van der Waals surface area contributed by atoms with E-state index in [1.54, 1.807) is 7.05 Å². The number of halogens is 1. The van der Waals surface area contributed by atoms with Gasteiger partial charge in [0.15, 0.2) is 23.3 Å².